The Morgan fingerprint density at radius 2 is 2.08 bits per heavy atom. The Bertz CT molecular complexity index is 139. The summed E-state index contributed by atoms with van der Waals surface area (Å²) in [6.07, 6.45) is 8.45. The minimum atomic E-state index is 0.450. The zero-order valence-corrected chi connectivity index (χ0v) is 8.01. The lowest BCUT2D eigenvalue weighted by Crippen LogP contribution is -1.87. The molecule has 0 bridgehead atoms. The smallest absolute Gasteiger partial charge is 0.184 e. The molecule has 0 atom stereocenters. The molecule has 0 aromatic carbocycles. The van der Waals surface area contributed by atoms with E-state index in [0.29, 0.717) is 5.76 Å². The number of ether oxygens (including phenoxy) is 1. The van der Waals surface area contributed by atoms with Gasteiger partial charge in [-0.2, -0.15) is 0 Å². The average molecular weight is 170 g/mol. The number of methoxy groups -OCH3 is 1. The Hall–Kier alpha value is -0.790. The van der Waals surface area contributed by atoms with Crippen LogP contribution >= 0.6 is 0 Å². The maximum atomic E-state index is 10.3. The Morgan fingerprint density at radius 1 is 1.33 bits per heavy atom. The average Bonchev–Trinajstić information content (AvgIpc) is 2.11. The Balaban J connectivity index is 3.37. The van der Waals surface area contributed by atoms with Crippen LogP contribution < -0.4 is 0 Å². The van der Waals surface area contributed by atoms with Crippen LogP contribution in [-0.2, 0) is 9.53 Å². The van der Waals surface area contributed by atoms with Gasteiger partial charge in [-0.3, -0.25) is 4.79 Å². The molecule has 12 heavy (non-hydrogen) atoms. The molecular weight excluding hydrogens is 152 g/mol. The van der Waals surface area contributed by atoms with Crippen molar-refractivity contribution in [2.45, 2.75) is 39.0 Å². The lowest BCUT2D eigenvalue weighted by molar-refractivity contribution is -0.107. The molecule has 0 heterocycles. The number of aldehydes is 1. The van der Waals surface area contributed by atoms with E-state index in [1.165, 1.54) is 26.4 Å². The van der Waals surface area contributed by atoms with Gasteiger partial charge in [0.15, 0.2) is 12.0 Å². The first-order valence-electron chi connectivity index (χ1n) is 4.54. The van der Waals surface area contributed by atoms with Gasteiger partial charge in [-0.05, 0) is 18.9 Å². The van der Waals surface area contributed by atoms with Crippen molar-refractivity contribution in [3.05, 3.63) is 11.8 Å². The predicted molar refractivity (Wildman–Crippen MR) is 49.9 cm³/mol. The van der Waals surface area contributed by atoms with Gasteiger partial charge < -0.3 is 4.74 Å². The molecule has 2 nitrogen and oxygen atoms in total. The van der Waals surface area contributed by atoms with Crippen LogP contribution in [-0.4, -0.2) is 13.4 Å². The molecule has 0 fully saturated rings. The molecule has 0 N–H and O–H groups in total. The minimum Gasteiger partial charge on any atom is -0.494 e. The molecule has 0 amide bonds. The number of rotatable bonds is 7. The lowest BCUT2D eigenvalue weighted by atomic mass is 10.1. The highest BCUT2D eigenvalue weighted by Gasteiger charge is 1.91. The van der Waals surface area contributed by atoms with Gasteiger partial charge in [0.25, 0.3) is 0 Å². The van der Waals surface area contributed by atoms with Crippen molar-refractivity contribution in [3.8, 4) is 0 Å². The van der Waals surface area contributed by atoms with Gasteiger partial charge >= 0.3 is 0 Å². The van der Waals surface area contributed by atoms with Crippen molar-refractivity contribution in [1.29, 1.82) is 0 Å². The highest BCUT2D eigenvalue weighted by atomic mass is 16.5. The number of allylic oxidation sites excluding steroid dienone is 2. The molecule has 0 radical (unpaired) electrons. The molecule has 0 aliphatic rings. The summed E-state index contributed by atoms with van der Waals surface area (Å²) in [5.74, 6) is 0.450. The van der Waals surface area contributed by atoms with E-state index in [2.05, 4.69) is 6.92 Å². The van der Waals surface area contributed by atoms with Crippen molar-refractivity contribution < 1.29 is 9.53 Å². The Kier molecular flexibility index (Phi) is 7.76. The third-order valence-electron chi connectivity index (χ3n) is 1.76. The zero-order valence-electron chi connectivity index (χ0n) is 8.01. The van der Waals surface area contributed by atoms with Crippen LogP contribution in [0.3, 0.4) is 0 Å². The monoisotopic (exact) mass is 170 g/mol. The molecule has 0 aliphatic heterocycles. The molecule has 0 rings (SSSR count). The Labute approximate surface area is 74.6 Å². The van der Waals surface area contributed by atoms with Gasteiger partial charge in [-0.25, -0.2) is 0 Å². The molecule has 0 saturated heterocycles. The van der Waals surface area contributed by atoms with Gasteiger partial charge in [0.1, 0.15) is 0 Å². The van der Waals surface area contributed by atoms with E-state index in [1.54, 1.807) is 0 Å². The van der Waals surface area contributed by atoms with Crippen LogP contribution in [0.25, 0.3) is 0 Å². The molecule has 0 aromatic heterocycles. The molecule has 0 saturated carbocycles. The number of carbonyl (C=O) groups is 1. The van der Waals surface area contributed by atoms with Crippen LogP contribution in [0.1, 0.15) is 39.0 Å². The lowest BCUT2D eigenvalue weighted by Gasteiger charge is -1.97. The summed E-state index contributed by atoms with van der Waals surface area (Å²) in [6.45, 7) is 2.18. The standard InChI is InChI=1S/C10H18O2/c1-3-4-5-6-7-8-10(9-11)12-2/h8-9H,3-7H2,1-2H3. The first-order chi connectivity index (χ1) is 5.85. The van der Waals surface area contributed by atoms with Gasteiger partial charge in [-0.15, -0.1) is 0 Å². The van der Waals surface area contributed by atoms with Crippen LogP contribution in [0.15, 0.2) is 11.8 Å². The summed E-state index contributed by atoms with van der Waals surface area (Å²) in [7, 11) is 1.52. The van der Waals surface area contributed by atoms with Crippen LogP contribution in [0.4, 0.5) is 0 Å². The highest BCUT2D eigenvalue weighted by Crippen LogP contribution is 2.04. The van der Waals surface area contributed by atoms with Gasteiger partial charge in [0, 0.05) is 0 Å². The summed E-state index contributed by atoms with van der Waals surface area (Å²) in [5.41, 5.74) is 0. The van der Waals surface area contributed by atoms with E-state index < -0.39 is 0 Å². The maximum Gasteiger partial charge on any atom is 0.184 e. The van der Waals surface area contributed by atoms with Crippen LogP contribution in [0.2, 0.25) is 0 Å². The van der Waals surface area contributed by atoms with E-state index in [9.17, 15) is 4.79 Å². The first kappa shape index (κ1) is 11.2. The molecule has 0 aliphatic carbocycles. The van der Waals surface area contributed by atoms with Crippen LogP contribution in [0.5, 0.6) is 0 Å². The topological polar surface area (TPSA) is 26.3 Å². The fourth-order valence-electron chi connectivity index (χ4n) is 0.995. The highest BCUT2D eigenvalue weighted by molar-refractivity contribution is 5.69. The van der Waals surface area contributed by atoms with E-state index in [0.717, 1.165) is 19.1 Å². The molecule has 0 spiro atoms. The molecule has 0 aromatic rings. The largest absolute Gasteiger partial charge is 0.494 e. The number of hydrogen-bond donors (Lipinski definition) is 0. The maximum absolute atomic E-state index is 10.3. The van der Waals surface area contributed by atoms with Crippen LogP contribution in [0, 0.1) is 0 Å². The summed E-state index contributed by atoms with van der Waals surface area (Å²) < 4.78 is 4.80. The fourth-order valence-corrected chi connectivity index (χ4v) is 0.995. The van der Waals surface area contributed by atoms with Crippen molar-refractivity contribution >= 4 is 6.29 Å². The van der Waals surface area contributed by atoms with E-state index in [-0.39, 0.29) is 0 Å². The zero-order chi connectivity index (χ0) is 9.23. The first-order valence-corrected chi connectivity index (χ1v) is 4.54. The SMILES string of the molecule is CCCCCCC=C(C=O)OC. The predicted octanol–water partition coefficient (Wildman–Crippen LogP) is 2.69. The van der Waals surface area contributed by atoms with Gasteiger partial charge in [0.2, 0.25) is 0 Å². The van der Waals surface area contributed by atoms with Crippen molar-refractivity contribution in [3.63, 3.8) is 0 Å². The molecular formula is C10H18O2. The number of hydrogen-bond acceptors (Lipinski definition) is 2. The number of unbranched alkanes of at least 4 members (excludes halogenated alkanes) is 4. The van der Waals surface area contributed by atoms with Crippen molar-refractivity contribution in [2.24, 2.45) is 0 Å². The third-order valence-corrected chi connectivity index (χ3v) is 1.76. The second-order valence-electron chi connectivity index (χ2n) is 2.78. The number of carbonyl (C=O) groups excluding carboxylic acids is 1. The molecule has 70 valence electrons. The molecule has 0 unspecified atom stereocenters. The third kappa shape index (κ3) is 5.96. The summed E-state index contributed by atoms with van der Waals surface area (Å²) in [5, 5.41) is 0. The summed E-state index contributed by atoms with van der Waals surface area (Å²) in [4.78, 5) is 10.3. The quantitative estimate of drug-likeness (QED) is 0.254. The normalized spacial score (nSPS) is 11.3. The van der Waals surface area contributed by atoms with E-state index in [4.69, 9.17) is 4.74 Å². The van der Waals surface area contributed by atoms with Gasteiger partial charge in [0.05, 0.1) is 7.11 Å². The Morgan fingerprint density at radius 3 is 2.58 bits per heavy atom. The van der Waals surface area contributed by atoms with Gasteiger partial charge in [-0.1, -0.05) is 26.2 Å². The van der Waals surface area contributed by atoms with Crippen molar-refractivity contribution in [2.75, 3.05) is 7.11 Å². The summed E-state index contributed by atoms with van der Waals surface area (Å²) >= 11 is 0. The second kappa shape index (κ2) is 8.31. The second-order valence-corrected chi connectivity index (χ2v) is 2.78. The van der Waals surface area contributed by atoms with Crippen molar-refractivity contribution in [1.82, 2.24) is 0 Å². The van der Waals surface area contributed by atoms with E-state index >= 15 is 0 Å². The van der Waals surface area contributed by atoms with E-state index in [1.807, 2.05) is 6.08 Å². The fraction of sp³-hybridized carbons (Fsp3) is 0.700. The summed E-state index contributed by atoms with van der Waals surface area (Å²) in [6, 6.07) is 0. The minimum absolute atomic E-state index is 0.450. The molecule has 2 heteroatoms.